The molecule has 0 aromatic carbocycles. The van der Waals surface area contributed by atoms with Crippen LogP contribution < -0.4 is 10.2 Å². The molecule has 9 heteroatoms. The van der Waals surface area contributed by atoms with Crippen LogP contribution in [0.25, 0.3) is 5.52 Å². The molecule has 3 aromatic heterocycles. The third kappa shape index (κ3) is 3.75. The van der Waals surface area contributed by atoms with Gasteiger partial charge in [0.05, 0.1) is 5.52 Å². The van der Waals surface area contributed by atoms with Crippen LogP contribution in [0.3, 0.4) is 0 Å². The van der Waals surface area contributed by atoms with Crippen LogP contribution in [0.15, 0.2) is 42.9 Å². The number of fused-ring (bicyclic) bond motifs is 1. The largest absolute Gasteiger partial charge is 0.349 e. The van der Waals surface area contributed by atoms with Crippen molar-refractivity contribution in [1.29, 1.82) is 0 Å². The van der Waals surface area contributed by atoms with Crippen molar-refractivity contribution in [2.75, 3.05) is 37.6 Å². The maximum Gasteiger partial charge on any atom is 0.287 e. The lowest BCUT2D eigenvalue weighted by atomic mass is 10.2. The predicted molar refractivity (Wildman–Crippen MR) is 108 cm³/mol. The molecular formula is C20H23N7O2. The number of pyridine rings is 1. The summed E-state index contributed by atoms with van der Waals surface area (Å²) in [6.07, 6.45) is 6.01. The number of carbonyl (C=O) groups excluding carboxylic acids is 2. The normalized spacial score (nSPS) is 14.2. The van der Waals surface area contributed by atoms with Gasteiger partial charge in [-0.2, -0.15) is 0 Å². The van der Waals surface area contributed by atoms with Gasteiger partial charge in [0.25, 0.3) is 11.8 Å². The van der Waals surface area contributed by atoms with E-state index in [4.69, 9.17) is 0 Å². The molecule has 150 valence electrons. The summed E-state index contributed by atoms with van der Waals surface area (Å²) in [5, 5.41) is 2.83. The number of aromatic nitrogens is 4. The fourth-order valence-corrected chi connectivity index (χ4v) is 3.39. The van der Waals surface area contributed by atoms with Crippen LogP contribution in [0.2, 0.25) is 0 Å². The highest BCUT2D eigenvalue weighted by Gasteiger charge is 2.28. The van der Waals surface area contributed by atoms with E-state index in [2.05, 4.69) is 25.2 Å². The van der Waals surface area contributed by atoms with Gasteiger partial charge in [-0.05, 0) is 24.6 Å². The Morgan fingerprint density at radius 1 is 1.07 bits per heavy atom. The first-order chi connectivity index (χ1) is 14.2. The molecule has 0 atom stereocenters. The Kier molecular flexibility index (Phi) is 5.37. The fraction of sp³-hybridized carbons (Fsp3) is 0.350. The monoisotopic (exact) mass is 393 g/mol. The van der Waals surface area contributed by atoms with Crippen molar-refractivity contribution in [3.63, 3.8) is 0 Å². The highest BCUT2D eigenvalue weighted by Crippen LogP contribution is 2.17. The molecule has 4 rings (SSSR count). The summed E-state index contributed by atoms with van der Waals surface area (Å²) in [5.41, 5.74) is 0.935. The summed E-state index contributed by atoms with van der Waals surface area (Å²) < 4.78 is 1.67. The van der Waals surface area contributed by atoms with Gasteiger partial charge in [-0.25, -0.2) is 15.0 Å². The van der Waals surface area contributed by atoms with Gasteiger partial charge in [0.1, 0.15) is 0 Å². The molecule has 3 aromatic rings. The van der Waals surface area contributed by atoms with Crippen molar-refractivity contribution in [2.24, 2.45) is 0 Å². The minimum absolute atomic E-state index is 0.170. The number of anilines is 1. The molecule has 0 radical (unpaired) electrons. The minimum Gasteiger partial charge on any atom is -0.349 e. The van der Waals surface area contributed by atoms with Gasteiger partial charge < -0.3 is 15.1 Å². The first-order valence-corrected chi connectivity index (χ1v) is 9.75. The summed E-state index contributed by atoms with van der Waals surface area (Å²) in [4.78, 5) is 42.4. The number of nitrogens with one attached hydrogen (secondary N) is 1. The molecule has 0 aliphatic carbocycles. The van der Waals surface area contributed by atoms with Crippen LogP contribution in [0.5, 0.6) is 0 Å². The van der Waals surface area contributed by atoms with E-state index in [1.807, 2.05) is 25.1 Å². The van der Waals surface area contributed by atoms with Gasteiger partial charge in [0, 0.05) is 51.3 Å². The zero-order valence-electron chi connectivity index (χ0n) is 16.3. The van der Waals surface area contributed by atoms with Gasteiger partial charge >= 0.3 is 0 Å². The van der Waals surface area contributed by atoms with Crippen LogP contribution in [0, 0.1) is 0 Å². The van der Waals surface area contributed by atoms with Gasteiger partial charge in [-0.3, -0.25) is 14.0 Å². The van der Waals surface area contributed by atoms with Crippen molar-refractivity contribution in [3.05, 3.63) is 54.4 Å². The molecule has 1 aliphatic heterocycles. The average Bonchev–Trinajstić information content (AvgIpc) is 3.17. The molecule has 29 heavy (non-hydrogen) atoms. The van der Waals surface area contributed by atoms with Gasteiger partial charge in [0.2, 0.25) is 11.8 Å². The zero-order valence-corrected chi connectivity index (χ0v) is 16.3. The topological polar surface area (TPSA) is 95.7 Å². The Morgan fingerprint density at radius 3 is 2.55 bits per heavy atom. The number of nitrogens with zero attached hydrogens (tertiary/aromatic N) is 6. The first-order valence-electron chi connectivity index (χ1n) is 9.75. The number of hydrogen-bond acceptors (Lipinski definition) is 6. The van der Waals surface area contributed by atoms with Gasteiger partial charge in [0.15, 0.2) is 5.69 Å². The maximum atomic E-state index is 13.2. The highest BCUT2D eigenvalue weighted by atomic mass is 16.2. The van der Waals surface area contributed by atoms with E-state index in [0.717, 1.165) is 6.42 Å². The third-order valence-electron chi connectivity index (χ3n) is 4.89. The second kappa shape index (κ2) is 8.26. The Hall–Kier alpha value is -3.49. The Balaban J connectivity index is 1.54. The van der Waals surface area contributed by atoms with E-state index in [9.17, 15) is 9.59 Å². The number of rotatable bonds is 5. The van der Waals surface area contributed by atoms with Crippen LogP contribution in [0.4, 0.5) is 5.95 Å². The number of piperazine rings is 1. The number of amides is 2. The second-order valence-electron chi connectivity index (χ2n) is 6.82. The third-order valence-corrected chi connectivity index (χ3v) is 4.89. The van der Waals surface area contributed by atoms with Gasteiger partial charge in [-0.1, -0.05) is 13.0 Å². The first kappa shape index (κ1) is 18.9. The van der Waals surface area contributed by atoms with Gasteiger partial charge in [-0.15, -0.1) is 0 Å². The number of imidazole rings is 1. The van der Waals surface area contributed by atoms with Crippen molar-refractivity contribution >= 4 is 23.3 Å². The Morgan fingerprint density at radius 2 is 1.83 bits per heavy atom. The second-order valence-corrected chi connectivity index (χ2v) is 6.82. The van der Waals surface area contributed by atoms with Crippen molar-refractivity contribution in [2.45, 2.75) is 13.3 Å². The summed E-state index contributed by atoms with van der Waals surface area (Å²) in [6.45, 7) is 4.92. The number of carbonyl (C=O) groups is 2. The lowest BCUT2D eigenvalue weighted by Gasteiger charge is -2.34. The molecule has 0 spiro atoms. The molecule has 0 saturated carbocycles. The highest BCUT2D eigenvalue weighted by molar-refractivity contribution is 6.02. The van der Waals surface area contributed by atoms with Crippen molar-refractivity contribution in [3.8, 4) is 0 Å². The molecule has 1 fully saturated rings. The quantitative estimate of drug-likeness (QED) is 0.700. The summed E-state index contributed by atoms with van der Waals surface area (Å²) in [5.74, 6) is 0.450. The smallest absolute Gasteiger partial charge is 0.287 e. The standard InChI is InChI=1S/C20H23N7O2/c1-2-7-21-18(28)17-24-16(15-6-3-4-10-27(15)17)19(29)25-11-13-26(14-12-25)20-22-8-5-9-23-20/h3-6,8-10H,2,7,11-14H2,1H3,(H,21,28). The lowest BCUT2D eigenvalue weighted by molar-refractivity contribution is 0.0743. The lowest BCUT2D eigenvalue weighted by Crippen LogP contribution is -2.49. The molecule has 0 bridgehead atoms. The minimum atomic E-state index is -0.279. The van der Waals surface area contributed by atoms with Crippen LogP contribution in [-0.2, 0) is 0 Å². The molecule has 1 aliphatic rings. The molecule has 1 N–H and O–H groups in total. The average molecular weight is 393 g/mol. The van der Waals surface area contributed by atoms with Crippen molar-refractivity contribution < 1.29 is 9.59 Å². The maximum absolute atomic E-state index is 13.2. The van der Waals surface area contributed by atoms with Crippen LogP contribution >= 0.6 is 0 Å². The van der Waals surface area contributed by atoms with E-state index >= 15 is 0 Å². The fourth-order valence-electron chi connectivity index (χ4n) is 3.39. The Bertz CT molecular complexity index is 1010. The number of hydrogen-bond donors (Lipinski definition) is 1. The van der Waals surface area contributed by atoms with E-state index in [1.165, 1.54) is 0 Å². The summed E-state index contributed by atoms with van der Waals surface area (Å²) in [7, 11) is 0. The molecule has 9 nitrogen and oxygen atoms in total. The van der Waals surface area contributed by atoms with Crippen LogP contribution in [0.1, 0.15) is 34.5 Å². The van der Waals surface area contributed by atoms with E-state index < -0.39 is 0 Å². The summed E-state index contributed by atoms with van der Waals surface area (Å²) >= 11 is 0. The molecule has 2 amide bonds. The predicted octanol–water partition coefficient (Wildman–Crippen LogP) is 1.23. The molecule has 0 unspecified atom stereocenters. The van der Waals surface area contributed by atoms with E-state index in [-0.39, 0.29) is 17.6 Å². The SMILES string of the molecule is CCCNC(=O)c1nc(C(=O)N2CCN(c3ncccn3)CC2)c2ccccn12. The molecular weight excluding hydrogens is 370 g/mol. The zero-order chi connectivity index (χ0) is 20.2. The van der Waals surface area contributed by atoms with E-state index in [1.54, 1.807) is 34.0 Å². The summed E-state index contributed by atoms with van der Waals surface area (Å²) in [6, 6.07) is 7.25. The van der Waals surface area contributed by atoms with Crippen LogP contribution in [-0.4, -0.2) is 68.8 Å². The van der Waals surface area contributed by atoms with E-state index in [0.29, 0.717) is 49.9 Å². The molecule has 1 saturated heterocycles. The molecule has 4 heterocycles. The Labute approximate surface area is 168 Å². The van der Waals surface area contributed by atoms with Crippen molar-refractivity contribution in [1.82, 2.24) is 29.6 Å².